The highest BCUT2D eigenvalue weighted by Crippen LogP contribution is 2.35. The monoisotopic (exact) mass is 347 g/mol. The van der Waals surface area contributed by atoms with Gasteiger partial charge >= 0.3 is 5.97 Å². The summed E-state index contributed by atoms with van der Waals surface area (Å²) in [6.45, 7) is 0. The molecule has 23 heavy (non-hydrogen) atoms. The Balaban J connectivity index is 2.10. The predicted molar refractivity (Wildman–Crippen MR) is 91.0 cm³/mol. The molecule has 0 fully saturated rings. The third-order valence-electron chi connectivity index (χ3n) is 3.42. The normalized spacial score (nSPS) is 10.7. The van der Waals surface area contributed by atoms with Crippen molar-refractivity contribution < 1.29 is 9.90 Å². The van der Waals surface area contributed by atoms with Gasteiger partial charge in [-0.15, -0.1) is 0 Å². The van der Waals surface area contributed by atoms with E-state index in [0.717, 1.165) is 10.9 Å². The van der Waals surface area contributed by atoms with Crippen LogP contribution in [0.25, 0.3) is 10.9 Å². The second-order valence-corrected chi connectivity index (χ2v) is 5.63. The van der Waals surface area contributed by atoms with Gasteiger partial charge in [0.1, 0.15) is 0 Å². The van der Waals surface area contributed by atoms with Crippen molar-refractivity contribution in [2.24, 2.45) is 0 Å². The molecule has 0 radical (unpaired) electrons. The summed E-state index contributed by atoms with van der Waals surface area (Å²) in [5.74, 6) is -0.779. The molecule has 0 saturated carbocycles. The smallest absolute Gasteiger partial charge is 0.338 e. The number of aromatic carboxylic acids is 1. The third kappa shape index (κ3) is 2.81. The van der Waals surface area contributed by atoms with Gasteiger partial charge in [-0.3, -0.25) is 0 Å². The fourth-order valence-electron chi connectivity index (χ4n) is 2.23. The lowest BCUT2D eigenvalue weighted by Crippen LogP contribution is -2.15. The lowest BCUT2D eigenvalue weighted by molar-refractivity contribution is 0.0697. The van der Waals surface area contributed by atoms with E-state index in [1.807, 2.05) is 24.3 Å². The van der Waals surface area contributed by atoms with E-state index in [2.05, 4.69) is 9.97 Å². The predicted octanol–water partition coefficient (Wildman–Crippen LogP) is 4.40. The summed E-state index contributed by atoms with van der Waals surface area (Å²) >= 11 is 12.1. The van der Waals surface area contributed by atoms with Gasteiger partial charge in [0.2, 0.25) is 5.95 Å². The van der Waals surface area contributed by atoms with E-state index in [1.54, 1.807) is 24.2 Å². The Morgan fingerprint density at radius 3 is 2.65 bits per heavy atom. The number of benzene rings is 2. The van der Waals surface area contributed by atoms with Crippen molar-refractivity contribution in [3.8, 4) is 0 Å². The van der Waals surface area contributed by atoms with Crippen LogP contribution in [0, 0.1) is 0 Å². The number of anilines is 2. The number of aromatic nitrogens is 2. The van der Waals surface area contributed by atoms with Crippen molar-refractivity contribution >= 4 is 51.7 Å². The van der Waals surface area contributed by atoms with Crippen molar-refractivity contribution in [2.75, 3.05) is 11.9 Å². The van der Waals surface area contributed by atoms with E-state index in [0.29, 0.717) is 11.6 Å². The minimum absolute atomic E-state index is 0.0456. The standard InChI is InChI=1S/C16H11Cl2N3O2/c1-21(12-7-6-10(17)13(14(12)18)15(22)23)16-19-8-9-4-2-3-5-11(9)20-16/h2-8H,1H3,(H,22,23). The van der Waals surface area contributed by atoms with Gasteiger partial charge in [0, 0.05) is 18.6 Å². The van der Waals surface area contributed by atoms with Crippen LogP contribution in [0.15, 0.2) is 42.6 Å². The molecule has 3 aromatic rings. The molecular weight excluding hydrogens is 337 g/mol. The molecule has 0 bridgehead atoms. The first-order valence-corrected chi connectivity index (χ1v) is 7.41. The zero-order chi connectivity index (χ0) is 16.6. The lowest BCUT2D eigenvalue weighted by atomic mass is 10.2. The number of fused-ring (bicyclic) bond motifs is 1. The van der Waals surface area contributed by atoms with E-state index in [9.17, 15) is 9.90 Å². The molecule has 7 heteroatoms. The topological polar surface area (TPSA) is 66.3 Å². The Morgan fingerprint density at radius 1 is 1.17 bits per heavy atom. The molecule has 0 aliphatic carbocycles. The molecule has 0 spiro atoms. The molecule has 0 unspecified atom stereocenters. The number of carboxylic acids is 1. The number of nitrogens with zero attached hydrogens (tertiary/aromatic N) is 3. The van der Waals surface area contributed by atoms with Crippen LogP contribution in [0.3, 0.4) is 0 Å². The fourth-order valence-corrected chi connectivity index (χ4v) is 2.89. The number of carboxylic acid groups (broad SMARTS) is 1. The first-order valence-electron chi connectivity index (χ1n) is 6.66. The van der Waals surface area contributed by atoms with E-state index >= 15 is 0 Å². The number of hydrogen-bond donors (Lipinski definition) is 1. The van der Waals surface area contributed by atoms with Crippen molar-refractivity contribution in [2.45, 2.75) is 0 Å². The number of halogens is 2. The van der Waals surface area contributed by atoms with Gasteiger partial charge in [-0.2, -0.15) is 0 Å². The maximum Gasteiger partial charge on any atom is 0.338 e. The number of carbonyl (C=O) groups is 1. The summed E-state index contributed by atoms with van der Waals surface area (Å²) in [5, 5.41) is 10.3. The van der Waals surface area contributed by atoms with E-state index in [4.69, 9.17) is 23.2 Å². The van der Waals surface area contributed by atoms with E-state index in [1.165, 1.54) is 6.07 Å². The fraction of sp³-hybridized carbons (Fsp3) is 0.0625. The second-order valence-electron chi connectivity index (χ2n) is 4.85. The van der Waals surface area contributed by atoms with Gasteiger partial charge < -0.3 is 10.0 Å². The van der Waals surface area contributed by atoms with Crippen LogP contribution < -0.4 is 4.90 Å². The van der Waals surface area contributed by atoms with E-state index in [-0.39, 0.29) is 15.6 Å². The second kappa shape index (κ2) is 6.02. The van der Waals surface area contributed by atoms with Gasteiger partial charge in [0.05, 0.1) is 26.8 Å². The van der Waals surface area contributed by atoms with Crippen LogP contribution in [0.1, 0.15) is 10.4 Å². The molecule has 5 nitrogen and oxygen atoms in total. The summed E-state index contributed by atoms with van der Waals surface area (Å²) < 4.78 is 0. The maximum absolute atomic E-state index is 11.3. The van der Waals surface area contributed by atoms with Crippen molar-refractivity contribution in [3.63, 3.8) is 0 Å². The number of para-hydroxylation sites is 1. The zero-order valence-electron chi connectivity index (χ0n) is 12.0. The Labute approximate surface area is 142 Å². The molecule has 0 aliphatic heterocycles. The van der Waals surface area contributed by atoms with Gasteiger partial charge in [0.25, 0.3) is 0 Å². The minimum atomic E-state index is -1.19. The largest absolute Gasteiger partial charge is 0.478 e. The van der Waals surface area contributed by atoms with Crippen LogP contribution in [0.4, 0.5) is 11.6 Å². The molecule has 1 aromatic heterocycles. The average molecular weight is 348 g/mol. The average Bonchev–Trinajstić information content (AvgIpc) is 2.53. The van der Waals surface area contributed by atoms with Crippen LogP contribution in [-0.2, 0) is 0 Å². The third-order valence-corrected chi connectivity index (χ3v) is 4.12. The van der Waals surface area contributed by atoms with Crippen LogP contribution >= 0.6 is 23.2 Å². The van der Waals surface area contributed by atoms with Gasteiger partial charge in [-0.05, 0) is 18.2 Å². The van der Waals surface area contributed by atoms with Crippen molar-refractivity contribution in [1.29, 1.82) is 0 Å². The SMILES string of the molecule is CN(c1ncc2ccccc2n1)c1ccc(Cl)c(C(=O)O)c1Cl. The molecule has 1 N–H and O–H groups in total. The van der Waals surface area contributed by atoms with Crippen molar-refractivity contribution in [3.05, 3.63) is 58.2 Å². The summed E-state index contributed by atoms with van der Waals surface area (Å²) in [6, 6.07) is 10.7. The highest BCUT2D eigenvalue weighted by molar-refractivity contribution is 6.41. The molecule has 1 heterocycles. The molecular formula is C16H11Cl2N3O2. The number of rotatable bonds is 3. The first kappa shape index (κ1) is 15.5. The summed E-state index contributed by atoms with van der Waals surface area (Å²) in [5.41, 5.74) is 1.11. The minimum Gasteiger partial charge on any atom is -0.478 e. The Kier molecular flexibility index (Phi) is 4.07. The summed E-state index contributed by atoms with van der Waals surface area (Å²) in [6.07, 6.45) is 1.70. The van der Waals surface area contributed by atoms with Crippen LogP contribution in [0.2, 0.25) is 10.0 Å². The van der Waals surface area contributed by atoms with Crippen LogP contribution in [-0.4, -0.2) is 28.1 Å². The van der Waals surface area contributed by atoms with Gasteiger partial charge in [0.15, 0.2) is 0 Å². The molecule has 0 atom stereocenters. The lowest BCUT2D eigenvalue weighted by Gasteiger charge is -2.20. The van der Waals surface area contributed by atoms with Crippen LogP contribution in [0.5, 0.6) is 0 Å². The quantitative estimate of drug-likeness (QED) is 0.760. The first-order chi connectivity index (χ1) is 11.0. The molecule has 0 amide bonds. The van der Waals surface area contributed by atoms with E-state index < -0.39 is 5.97 Å². The highest BCUT2D eigenvalue weighted by atomic mass is 35.5. The molecule has 3 rings (SSSR count). The highest BCUT2D eigenvalue weighted by Gasteiger charge is 2.20. The van der Waals surface area contributed by atoms with Crippen molar-refractivity contribution in [1.82, 2.24) is 9.97 Å². The van der Waals surface area contributed by atoms with Gasteiger partial charge in [-0.1, -0.05) is 41.4 Å². The Bertz CT molecular complexity index is 915. The molecule has 0 saturated heterocycles. The molecule has 2 aromatic carbocycles. The summed E-state index contributed by atoms with van der Waals surface area (Å²) in [4.78, 5) is 21.7. The molecule has 116 valence electrons. The summed E-state index contributed by atoms with van der Waals surface area (Å²) in [7, 11) is 1.71. The maximum atomic E-state index is 11.3. The Morgan fingerprint density at radius 2 is 1.91 bits per heavy atom. The van der Waals surface area contributed by atoms with Gasteiger partial charge in [-0.25, -0.2) is 14.8 Å². The zero-order valence-corrected chi connectivity index (χ0v) is 13.5. The molecule has 0 aliphatic rings. The number of hydrogen-bond acceptors (Lipinski definition) is 4. The Hall–Kier alpha value is -2.37.